The van der Waals surface area contributed by atoms with Crippen LogP contribution in [0.3, 0.4) is 0 Å². The summed E-state index contributed by atoms with van der Waals surface area (Å²) in [4.78, 5) is 29.7. The number of amides is 3. The molecule has 7 heteroatoms. The summed E-state index contributed by atoms with van der Waals surface area (Å²) in [6.45, 7) is 1.17. The third kappa shape index (κ3) is 4.21. The number of thiophene rings is 1. The van der Waals surface area contributed by atoms with Crippen LogP contribution in [0, 0.1) is 0 Å². The molecular weight excluding hydrogens is 278 g/mol. The quantitative estimate of drug-likeness (QED) is 0.888. The first-order valence-electron chi connectivity index (χ1n) is 6.69. The Kier molecular flexibility index (Phi) is 5.37. The molecule has 1 fully saturated rings. The molecule has 1 aromatic rings. The molecule has 1 aromatic heterocycles. The number of nitrogens with one attached hydrogen (secondary N) is 1. The predicted octanol–water partition coefficient (Wildman–Crippen LogP) is 1.79. The molecule has 1 saturated heterocycles. The Morgan fingerprint density at radius 1 is 1.45 bits per heavy atom. The minimum absolute atomic E-state index is 0.126. The molecule has 1 atom stereocenters. The minimum Gasteiger partial charge on any atom is -0.352 e. The van der Waals surface area contributed by atoms with Gasteiger partial charge in [0, 0.05) is 11.4 Å². The number of hydrogen-bond acceptors (Lipinski definition) is 4. The second-order valence-electron chi connectivity index (χ2n) is 4.67. The second kappa shape index (κ2) is 7.25. The Balaban J connectivity index is 1.99. The van der Waals surface area contributed by atoms with Gasteiger partial charge in [-0.2, -0.15) is 0 Å². The zero-order chi connectivity index (χ0) is 14.4. The van der Waals surface area contributed by atoms with Crippen molar-refractivity contribution in [2.45, 2.75) is 31.7 Å². The molecule has 3 amide bonds. The van der Waals surface area contributed by atoms with Gasteiger partial charge in [-0.15, -0.1) is 11.3 Å². The topological polar surface area (TPSA) is 84.7 Å². The van der Waals surface area contributed by atoms with Gasteiger partial charge in [0.1, 0.15) is 0 Å². The molecule has 0 bridgehead atoms. The normalized spacial score (nSPS) is 17.3. The Morgan fingerprint density at radius 3 is 3.00 bits per heavy atom. The lowest BCUT2D eigenvalue weighted by atomic mass is 10.1. The number of urea groups is 1. The molecule has 1 aliphatic heterocycles. The predicted molar refractivity (Wildman–Crippen MR) is 75.9 cm³/mol. The smallest absolute Gasteiger partial charge is 0.312 e. The van der Waals surface area contributed by atoms with Crippen molar-refractivity contribution in [3.63, 3.8) is 0 Å². The molecule has 2 rings (SSSR count). The maximum atomic E-state index is 12.3. The van der Waals surface area contributed by atoms with Crippen LogP contribution in [0.4, 0.5) is 4.79 Å². The van der Waals surface area contributed by atoms with E-state index in [9.17, 15) is 9.59 Å². The number of nitrogens with two attached hydrogens (primary N) is 1. The summed E-state index contributed by atoms with van der Waals surface area (Å²) in [5, 5.41) is 5.93. The van der Waals surface area contributed by atoms with Gasteiger partial charge >= 0.3 is 6.03 Å². The summed E-state index contributed by atoms with van der Waals surface area (Å²) in [5.74, 6) is -0.126. The van der Waals surface area contributed by atoms with E-state index in [-0.39, 0.29) is 12.3 Å². The third-order valence-corrected chi connectivity index (χ3v) is 4.10. The van der Waals surface area contributed by atoms with Crippen LogP contribution in [0.15, 0.2) is 17.5 Å². The SMILES string of the molecule is NC(=O)NC(CC(=O)N1CCCCCO1)c1cccs1. The molecule has 110 valence electrons. The van der Waals surface area contributed by atoms with Crippen molar-refractivity contribution < 1.29 is 14.4 Å². The van der Waals surface area contributed by atoms with E-state index in [1.165, 1.54) is 16.4 Å². The zero-order valence-corrected chi connectivity index (χ0v) is 12.0. The lowest BCUT2D eigenvalue weighted by Gasteiger charge is -2.22. The fourth-order valence-electron chi connectivity index (χ4n) is 2.13. The standard InChI is InChI=1S/C13H19N3O3S/c14-13(18)15-10(11-5-4-8-20-11)9-12(17)16-6-2-1-3-7-19-16/h4-5,8,10H,1-3,6-7,9H2,(H3,14,15,18). The third-order valence-electron chi connectivity index (χ3n) is 3.11. The van der Waals surface area contributed by atoms with E-state index in [1.54, 1.807) is 0 Å². The highest BCUT2D eigenvalue weighted by Crippen LogP contribution is 2.23. The highest BCUT2D eigenvalue weighted by atomic mass is 32.1. The van der Waals surface area contributed by atoms with Crippen LogP contribution < -0.4 is 11.1 Å². The molecule has 6 nitrogen and oxygen atoms in total. The van der Waals surface area contributed by atoms with Crippen LogP contribution in [0.2, 0.25) is 0 Å². The van der Waals surface area contributed by atoms with Crippen molar-refractivity contribution >= 4 is 23.3 Å². The summed E-state index contributed by atoms with van der Waals surface area (Å²) in [5.41, 5.74) is 5.18. The summed E-state index contributed by atoms with van der Waals surface area (Å²) >= 11 is 1.48. The van der Waals surface area contributed by atoms with E-state index in [0.29, 0.717) is 13.2 Å². The van der Waals surface area contributed by atoms with Gasteiger partial charge in [0.25, 0.3) is 0 Å². The van der Waals surface area contributed by atoms with Crippen molar-refractivity contribution in [2.75, 3.05) is 13.2 Å². The van der Waals surface area contributed by atoms with Crippen LogP contribution >= 0.6 is 11.3 Å². The number of rotatable bonds is 4. The number of hydrogen-bond donors (Lipinski definition) is 2. The summed E-state index contributed by atoms with van der Waals surface area (Å²) < 4.78 is 0. The molecule has 20 heavy (non-hydrogen) atoms. The molecule has 0 radical (unpaired) electrons. The Labute approximate surface area is 121 Å². The molecule has 0 aliphatic carbocycles. The van der Waals surface area contributed by atoms with Crippen molar-refractivity contribution in [1.82, 2.24) is 10.4 Å². The van der Waals surface area contributed by atoms with Gasteiger partial charge < -0.3 is 11.1 Å². The van der Waals surface area contributed by atoms with Crippen LogP contribution in [0.1, 0.15) is 36.6 Å². The molecule has 1 unspecified atom stereocenters. The van der Waals surface area contributed by atoms with Crippen LogP contribution in [0.5, 0.6) is 0 Å². The first-order valence-corrected chi connectivity index (χ1v) is 7.57. The monoisotopic (exact) mass is 297 g/mol. The number of nitrogens with zero attached hydrogens (tertiary/aromatic N) is 1. The maximum absolute atomic E-state index is 12.3. The van der Waals surface area contributed by atoms with Crippen molar-refractivity contribution in [3.05, 3.63) is 22.4 Å². The highest BCUT2D eigenvalue weighted by molar-refractivity contribution is 7.10. The Bertz CT molecular complexity index is 442. The molecule has 1 aliphatic rings. The number of carbonyl (C=O) groups is 2. The maximum Gasteiger partial charge on any atom is 0.312 e. The Hall–Kier alpha value is -1.60. The average Bonchev–Trinajstić information content (AvgIpc) is 2.79. The lowest BCUT2D eigenvalue weighted by Crippen LogP contribution is -2.38. The molecule has 3 N–H and O–H groups in total. The van der Waals surface area contributed by atoms with Crippen molar-refractivity contribution in [3.8, 4) is 0 Å². The zero-order valence-electron chi connectivity index (χ0n) is 11.2. The number of primary amides is 1. The molecule has 2 heterocycles. The van der Waals surface area contributed by atoms with Crippen molar-refractivity contribution in [1.29, 1.82) is 0 Å². The number of hydroxylamine groups is 2. The van der Waals surface area contributed by atoms with Gasteiger partial charge in [-0.25, -0.2) is 9.86 Å². The van der Waals surface area contributed by atoms with Crippen molar-refractivity contribution in [2.24, 2.45) is 5.73 Å². The fourth-order valence-corrected chi connectivity index (χ4v) is 2.91. The molecular formula is C13H19N3O3S. The van der Waals surface area contributed by atoms with Gasteiger partial charge in [0.15, 0.2) is 0 Å². The Morgan fingerprint density at radius 2 is 2.30 bits per heavy atom. The first-order chi connectivity index (χ1) is 9.66. The van der Waals surface area contributed by atoms with Gasteiger partial charge in [-0.05, 0) is 30.7 Å². The lowest BCUT2D eigenvalue weighted by molar-refractivity contribution is -0.184. The van der Waals surface area contributed by atoms with E-state index < -0.39 is 12.1 Å². The average molecular weight is 297 g/mol. The number of carbonyl (C=O) groups excluding carboxylic acids is 2. The van der Waals surface area contributed by atoms with E-state index >= 15 is 0 Å². The highest BCUT2D eigenvalue weighted by Gasteiger charge is 2.23. The summed E-state index contributed by atoms with van der Waals surface area (Å²) in [6.07, 6.45) is 3.14. The van der Waals surface area contributed by atoms with Gasteiger partial charge in [-0.3, -0.25) is 9.63 Å². The molecule has 0 saturated carbocycles. The summed E-state index contributed by atoms with van der Waals surface area (Å²) in [6, 6.07) is 2.73. The van der Waals surface area contributed by atoms with Gasteiger partial charge in [0.2, 0.25) is 5.91 Å². The van der Waals surface area contributed by atoms with E-state index in [2.05, 4.69) is 5.32 Å². The minimum atomic E-state index is -0.631. The van der Waals surface area contributed by atoms with Gasteiger partial charge in [0.05, 0.1) is 19.1 Å². The second-order valence-corrected chi connectivity index (χ2v) is 5.65. The first kappa shape index (κ1) is 14.8. The van der Waals surface area contributed by atoms with E-state index in [0.717, 1.165) is 24.1 Å². The van der Waals surface area contributed by atoms with E-state index in [4.69, 9.17) is 10.6 Å². The molecule has 0 aromatic carbocycles. The van der Waals surface area contributed by atoms with Crippen LogP contribution in [-0.2, 0) is 9.63 Å². The van der Waals surface area contributed by atoms with Crippen LogP contribution in [0.25, 0.3) is 0 Å². The largest absolute Gasteiger partial charge is 0.352 e. The fraction of sp³-hybridized carbons (Fsp3) is 0.538. The van der Waals surface area contributed by atoms with Gasteiger partial charge in [-0.1, -0.05) is 6.07 Å². The summed E-state index contributed by atoms with van der Waals surface area (Å²) in [7, 11) is 0. The molecule has 0 spiro atoms. The van der Waals surface area contributed by atoms with Crippen LogP contribution in [-0.4, -0.2) is 30.2 Å². The van der Waals surface area contributed by atoms with E-state index in [1.807, 2.05) is 17.5 Å².